The summed E-state index contributed by atoms with van der Waals surface area (Å²) in [4.78, 5) is 2.52. The second-order valence-corrected chi connectivity index (χ2v) is 7.34. The van der Waals surface area contributed by atoms with Crippen molar-refractivity contribution in [2.45, 2.75) is 58.4 Å². The van der Waals surface area contributed by atoms with Gasteiger partial charge in [0.1, 0.15) is 0 Å². The first-order chi connectivity index (χ1) is 9.62. The number of piperidine rings is 1. The molecule has 1 saturated carbocycles. The van der Waals surface area contributed by atoms with Crippen LogP contribution in [-0.4, -0.2) is 19.1 Å². The lowest BCUT2D eigenvalue weighted by Crippen LogP contribution is -2.29. The van der Waals surface area contributed by atoms with E-state index in [1.54, 1.807) is 0 Å². The summed E-state index contributed by atoms with van der Waals surface area (Å²) in [5, 5.41) is 3.71. The summed E-state index contributed by atoms with van der Waals surface area (Å²) in [6.45, 7) is 7.22. The van der Waals surface area contributed by atoms with Crippen LogP contribution in [0.3, 0.4) is 0 Å². The van der Waals surface area contributed by atoms with Gasteiger partial charge in [0.05, 0.1) is 0 Å². The highest BCUT2D eigenvalue weighted by Crippen LogP contribution is 2.38. The maximum absolute atomic E-state index is 3.71. The smallest absolute Gasteiger partial charge is 0.0367 e. The van der Waals surface area contributed by atoms with Gasteiger partial charge in [0.15, 0.2) is 0 Å². The van der Waals surface area contributed by atoms with Gasteiger partial charge in [-0.3, -0.25) is 0 Å². The monoisotopic (exact) mass is 272 g/mol. The molecule has 2 nitrogen and oxygen atoms in total. The van der Waals surface area contributed by atoms with Crippen molar-refractivity contribution in [3.05, 3.63) is 24.3 Å². The van der Waals surface area contributed by atoms with Crippen LogP contribution >= 0.6 is 0 Å². The number of anilines is 2. The molecule has 1 aromatic carbocycles. The molecule has 20 heavy (non-hydrogen) atoms. The number of hydrogen-bond acceptors (Lipinski definition) is 2. The Morgan fingerprint density at radius 3 is 2.35 bits per heavy atom. The quantitative estimate of drug-likeness (QED) is 0.860. The Balaban J connectivity index is 1.59. The van der Waals surface area contributed by atoms with Crippen molar-refractivity contribution in [3.8, 4) is 0 Å². The zero-order chi connectivity index (χ0) is 14.0. The Morgan fingerprint density at radius 1 is 1.05 bits per heavy atom. The second-order valence-electron chi connectivity index (χ2n) is 7.34. The molecule has 110 valence electrons. The first-order valence-corrected chi connectivity index (χ1v) is 8.24. The highest BCUT2D eigenvalue weighted by atomic mass is 15.1. The first kappa shape index (κ1) is 13.8. The largest absolute Gasteiger partial charge is 0.382 e. The molecule has 0 spiro atoms. The van der Waals surface area contributed by atoms with Crippen LogP contribution in [0, 0.1) is 5.41 Å². The predicted octanol–water partition coefficient (Wildman–Crippen LogP) is 4.67. The molecule has 1 aromatic rings. The predicted molar refractivity (Wildman–Crippen MR) is 87.5 cm³/mol. The summed E-state index contributed by atoms with van der Waals surface area (Å²) in [5.74, 6) is 0. The van der Waals surface area contributed by atoms with Gasteiger partial charge < -0.3 is 10.2 Å². The van der Waals surface area contributed by atoms with Crippen LogP contribution in [0.2, 0.25) is 0 Å². The average molecular weight is 272 g/mol. The summed E-state index contributed by atoms with van der Waals surface area (Å²) in [5.41, 5.74) is 3.20. The van der Waals surface area contributed by atoms with Gasteiger partial charge in [0, 0.05) is 30.5 Å². The van der Waals surface area contributed by atoms with Crippen LogP contribution in [-0.2, 0) is 0 Å². The van der Waals surface area contributed by atoms with Crippen molar-refractivity contribution >= 4 is 11.4 Å². The van der Waals surface area contributed by atoms with Gasteiger partial charge in [-0.15, -0.1) is 0 Å². The van der Waals surface area contributed by atoms with Crippen LogP contribution in [0.15, 0.2) is 24.3 Å². The minimum Gasteiger partial charge on any atom is -0.382 e. The van der Waals surface area contributed by atoms with E-state index in [1.807, 2.05) is 0 Å². The molecule has 1 unspecified atom stereocenters. The van der Waals surface area contributed by atoms with Gasteiger partial charge in [-0.25, -0.2) is 0 Å². The fourth-order valence-electron chi connectivity index (χ4n) is 3.72. The summed E-state index contributed by atoms with van der Waals surface area (Å²) < 4.78 is 0. The number of rotatable bonds is 3. The van der Waals surface area contributed by atoms with Gasteiger partial charge in [0.2, 0.25) is 0 Å². The topological polar surface area (TPSA) is 15.3 Å². The molecule has 1 N–H and O–H groups in total. The van der Waals surface area contributed by atoms with Gasteiger partial charge >= 0.3 is 0 Å². The molecule has 2 fully saturated rings. The summed E-state index contributed by atoms with van der Waals surface area (Å²) in [6, 6.07) is 9.75. The fraction of sp³-hybridized carbons (Fsp3) is 0.667. The lowest BCUT2D eigenvalue weighted by molar-refractivity contribution is 0.378. The highest BCUT2D eigenvalue weighted by molar-refractivity contribution is 5.55. The highest BCUT2D eigenvalue weighted by Gasteiger charge is 2.30. The number of nitrogens with zero attached hydrogens (tertiary/aromatic N) is 1. The van der Waals surface area contributed by atoms with E-state index in [0.717, 1.165) is 0 Å². The van der Waals surface area contributed by atoms with Crippen molar-refractivity contribution in [1.82, 2.24) is 0 Å². The van der Waals surface area contributed by atoms with Gasteiger partial charge in [-0.1, -0.05) is 13.8 Å². The van der Waals surface area contributed by atoms with Crippen molar-refractivity contribution in [2.24, 2.45) is 5.41 Å². The van der Waals surface area contributed by atoms with Crippen molar-refractivity contribution in [1.29, 1.82) is 0 Å². The Kier molecular flexibility index (Phi) is 3.91. The third-order valence-electron chi connectivity index (χ3n) is 4.93. The molecule has 1 atom stereocenters. The molecule has 1 aliphatic heterocycles. The molecule has 0 bridgehead atoms. The van der Waals surface area contributed by atoms with E-state index in [2.05, 4.69) is 48.3 Å². The molecule has 3 rings (SSSR count). The van der Waals surface area contributed by atoms with E-state index in [1.165, 1.54) is 63.0 Å². The maximum Gasteiger partial charge on any atom is 0.0367 e. The summed E-state index contributed by atoms with van der Waals surface area (Å²) in [6.07, 6.45) is 8.03. The van der Waals surface area contributed by atoms with Crippen molar-refractivity contribution < 1.29 is 0 Å². The third kappa shape index (κ3) is 3.28. The van der Waals surface area contributed by atoms with Crippen LogP contribution in [0.4, 0.5) is 11.4 Å². The zero-order valence-electron chi connectivity index (χ0n) is 13.0. The average Bonchev–Trinajstić information content (AvgIpc) is 2.80. The first-order valence-electron chi connectivity index (χ1n) is 8.24. The van der Waals surface area contributed by atoms with Crippen LogP contribution in [0.5, 0.6) is 0 Å². The minimum atomic E-state index is 0.519. The second kappa shape index (κ2) is 5.67. The molecule has 1 aliphatic carbocycles. The minimum absolute atomic E-state index is 0.519. The lowest BCUT2D eigenvalue weighted by atomic mass is 9.92. The molecule has 2 aliphatic rings. The number of benzene rings is 1. The number of nitrogens with one attached hydrogen (secondary N) is 1. The molecule has 0 aromatic heterocycles. The third-order valence-corrected chi connectivity index (χ3v) is 4.93. The lowest BCUT2D eigenvalue weighted by Gasteiger charge is -2.29. The Bertz CT molecular complexity index is 429. The van der Waals surface area contributed by atoms with E-state index in [-0.39, 0.29) is 0 Å². The van der Waals surface area contributed by atoms with Crippen molar-refractivity contribution in [3.63, 3.8) is 0 Å². The molecule has 1 heterocycles. The van der Waals surface area contributed by atoms with Gasteiger partial charge in [-0.05, 0) is 68.2 Å². The zero-order valence-corrected chi connectivity index (χ0v) is 13.0. The SMILES string of the molecule is CC1(C)CCC(Nc2ccc(N3CCCCC3)cc2)C1. The van der Waals surface area contributed by atoms with Crippen LogP contribution in [0.1, 0.15) is 52.4 Å². The van der Waals surface area contributed by atoms with E-state index in [4.69, 9.17) is 0 Å². The summed E-state index contributed by atoms with van der Waals surface area (Å²) in [7, 11) is 0. The Hall–Kier alpha value is -1.18. The molecule has 0 radical (unpaired) electrons. The number of hydrogen-bond donors (Lipinski definition) is 1. The molecule has 1 saturated heterocycles. The molecular weight excluding hydrogens is 244 g/mol. The van der Waals surface area contributed by atoms with E-state index in [0.29, 0.717) is 11.5 Å². The van der Waals surface area contributed by atoms with E-state index >= 15 is 0 Å². The van der Waals surface area contributed by atoms with E-state index in [9.17, 15) is 0 Å². The van der Waals surface area contributed by atoms with E-state index < -0.39 is 0 Å². The van der Waals surface area contributed by atoms with Crippen LogP contribution in [0.25, 0.3) is 0 Å². The molecule has 2 heteroatoms. The Labute approximate surface area is 123 Å². The summed E-state index contributed by atoms with van der Waals surface area (Å²) >= 11 is 0. The standard InChI is InChI=1S/C18H28N2/c1-18(2)11-10-16(14-18)19-15-6-8-17(9-7-15)20-12-4-3-5-13-20/h6-9,16,19H,3-5,10-14H2,1-2H3. The molecular formula is C18H28N2. The van der Waals surface area contributed by atoms with Gasteiger partial charge in [-0.2, -0.15) is 0 Å². The van der Waals surface area contributed by atoms with Crippen molar-refractivity contribution in [2.75, 3.05) is 23.3 Å². The maximum atomic E-state index is 3.71. The van der Waals surface area contributed by atoms with Crippen LogP contribution < -0.4 is 10.2 Å². The van der Waals surface area contributed by atoms with Gasteiger partial charge in [0.25, 0.3) is 0 Å². The fourth-order valence-corrected chi connectivity index (χ4v) is 3.72. The Morgan fingerprint density at radius 2 is 1.75 bits per heavy atom. The molecule has 0 amide bonds. The normalized spacial score (nSPS) is 25.7.